The molecule has 3 rings (SSSR count). The fourth-order valence-corrected chi connectivity index (χ4v) is 3.75. The third kappa shape index (κ3) is 5.18. The van der Waals surface area contributed by atoms with Crippen molar-refractivity contribution >= 4 is 23.3 Å². The van der Waals surface area contributed by atoms with Crippen LogP contribution in [0.2, 0.25) is 0 Å². The summed E-state index contributed by atoms with van der Waals surface area (Å²) in [6.45, 7) is 0.312. The number of carbonyl (C=O) groups is 1. The van der Waals surface area contributed by atoms with Gasteiger partial charge in [0.1, 0.15) is 5.75 Å². The Morgan fingerprint density at radius 1 is 0.931 bits per heavy atom. The van der Waals surface area contributed by atoms with Crippen molar-refractivity contribution in [3.8, 4) is 27.7 Å². The highest BCUT2D eigenvalue weighted by atomic mass is 32.1. The van der Waals surface area contributed by atoms with Crippen molar-refractivity contribution in [3.05, 3.63) is 71.1 Å². The van der Waals surface area contributed by atoms with Crippen LogP contribution >= 0.6 is 11.3 Å². The number of amides is 1. The highest BCUT2D eigenvalue weighted by Gasteiger charge is 2.12. The van der Waals surface area contributed by atoms with Crippen LogP contribution in [0, 0.1) is 0 Å². The van der Waals surface area contributed by atoms with Crippen molar-refractivity contribution < 1.29 is 19.0 Å². The number of methoxy groups -OCH3 is 3. The van der Waals surface area contributed by atoms with E-state index in [4.69, 9.17) is 14.2 Å². The van der Waals surface area contributed by atoms with E-state index in [0.29, 0.717) is 23.8 Å². The molecule has 0 aliphatic heterocycles. The van der Waals surface area contributed by atoms with Crippen LogP contribution < -0.4 is 19.5 Å². The van der Waals surface area contributed by atoms with E-state index in [2.05, 4.69) is 23.5 Å². The molecule has 0 bridgehead atoms. The summed E-state index contributed by atoms with van der Waals surface area (Å²) >= 11 is 1.64. The van der Waals surface area contributed by atoms with Crippen LogP contribution in [-0.4, -0.2) is 27.2 Å². The van der Waals surface area contributed by atoms with Crippen LogP contribution in [-0.2, 0) is 11.3 Å². The molecule has 0 aliphatic carbocycles. The second-order valence-electron chi connectivity index (χ2n) is 6.14. The van der Waals surface area contributed by atoms with Crippen LogP contribution in [0.3, 0.4) is 0 Å². The first-order valence-electron chi connectivity index (χ1n) is 9.04. The SMILES string of the molecule is COc1cc(OC)c(OC)cc1CNC(=O)/C=C/c1ccc(-c2ccccc2)s1. The van der Waals surface area contributed by atoms with Crippen LogP contribution in [0.15, 0.2) is 60.7 Å². The van der Waals surface area contributed by atoms with Gasteiger partial charge in [-0.1, -0.05) is 30.3 Å². The molecule has 0 spiro atoms. The molecule has 3 aromatic rings. The second kappa shape index (κ2) is 9.80. The lowest BCUT2D eigenvalue weighted by Crippen LogP contribution is -2.20. The van der Waals surface area contributed by atoms with E-state index in [-0.39, 0.29) is 5.91 Å². The molecule has 0 unspecified atom stereocenters. The molecule has 5 nitrogen and oxygen atoms in total. The molecule has 1 amide bonds. The Hall–Kier alpha value is -3.25. The average molecular weight is 410 g/mol. The van der Waals surface area contributed by atoms with Crippen molar-refractivity contribution in [1.82, 2.24) is 5.32 Å². The second-order valence-corrected chi connectivity index (χ2v) is 7.25. The highest BCUT2D eigenvalue weighted by molar-refractivity contribution is 7.16. The van der Waals surface area contributed by atoms with E-state index in [1.54, 1.807) is 44.8 Å². The van der Waals surface area contributed by atoms with Gasteiger partial charge in [0.05, 0.1) is 21.3 Å². The molecule has 150 valence electrons. The molecule has 1 heterocycles. The maximum absolute atomic E-state index is 12.3. The normalized spacial score (nSPS) is 10.7. The summed E-state index contributed by atoms with van der Waals surface area (Å²) in [6, 6.07) is 17.8. The Balaban J connectivity index is 1.64. The van der Waals surface area contributed by atoms with Crippen molar-refractivity contribution in [2.24, 2.45) is 0 Å². The monoisotopic (exact) mass is 409 g/mol. The van der Waals surface area contributed by atoms with Crippen molar-refractivity contribution in [1.29, 1.82) is 0 Å². The first-order valence-corrected chi connectivity index (χ1v) is 9.86. The number of ether oxygens (including phenoxy) is 3. The molecule has 2 aromatic carbocycles. The maximum Gasteiger partial charge on any atom is 0.244 e. The van der Waals surface area contributed by atoms with Crippen molar-refractivity contribution in [3.63, 3.8) is 0 Å². The molecular weight excluding hydrogens is 386 g/mol. The van der Waals surface area contributed by atoms with E-state index in [9.17, 15) is 4.79 Å². The summed E-state index contributed by atoms with van der Waals surface area (Å²) in [7, 11) is 4.71. The summed E-state index contributed by atoms with van der Waals surface area (Å²) in [5.74, 6) is 1.60. The first kappa shape index (κ1) is 20.5. The highest BCUT2D eigenvalue weighted by Crippen LogP contribution is 2.34. The Morgan fingerprint density at radius 2 is 1.62 bits per heavy atom. The minimum absolute atomic E-state index is 0.184. The van der Waals surface area contributed by atoms with Gasteiger partial charge in [-0.25, -0.2) is 0 Å². The Bertz CT molecular complexity index is 995. The van der Waals surface area contributed by atoms with E-state index < -0.39 is 0 Å². The molecule has 0 radical (unpaired) electrons. The number of thiophene rings is 1. The molecule has 0 fully saturated rings. The van der Waals surface area contributed by atoms with Crippen LogP contribution in [0.25, 0.3) is 16.5 Å². The van der Waals surface area contributed by atoms with Gasteiger partial charge in [0, 0.05) is 34.0 Å². The smallest absolute Gasteiger partial charge is 0.244 e. The number of hydrogen-bond donors (Lipinski definition) is 1. The summed E-state index contributed by atoms with van der Waals surface area (Å²) in [5, 5.41) is 2.87. The van der Waals surface area contributed by atoms with Crippen LogP contribution in [0.5, 0.6) is 17.2 Å². The molecule has 0 atom stereocenters. The zero-order chi connectivity index (χ0) is 20.6. The minimum Gasteiger partial charge on any atom is -0.496 e. The summed E-state index contributed by atoms with van der Waals surface area (Å²) in [6.07, 6.45) is 3.35. The Kier molecular flexibility index (Phi) is 6.92. The molecule has 0 aliphatic rings. The Labute approximate surface area is 174 Å². The van der Waals surface area contributed by atoms with Crippen molar-refractivity contribution in [2.75, 3.05) is 21.3 Å². The minimum atomic E-state index is -0.184. The van der Waals surface area contributed by atoms with Crippen LogP contribution in [0.4, 0.5) is 0 Å². The zero-order valence-corrected chi connectivity index (χ0v) is 17.4. The number of hydrogen-bond acceptors (Lipinski definition) is 5. The third-order valence-electron chi connectivity index (χ3n) is 4.32. The Morgan fingerprint density at radius 3 is 2.31 bits per heavy atom. The lowest BCUT2D eigenvalue weighted by atomic mass is 10.1. The average Bonchev–Trinajstić information content (AvgIpc) is 3.25. The lowest BCUT2D eigenvalue weighted by Gasteiger charge is -2.14. The molecule has 29 heavy (non-hydrogen) atoms. The van der Waals surface area contributed by atoms with Gasteiger partial charge in [0.15, 0.2) is 11.5 Å². The first-order chi connectivity index (χ1) is 14.1. The quantitative estimate of drug-likeness (QED) is 0.545. The predicted molar refractivity (Wildman–Crippen MR) is 117 cm³/mol. The van der Waals surface area contributed by atoms with Gasteiger partial charge >= 0.3 is 0 Å². The molecule has 6 heteroatoms. The fourth-order valence-electron chi connectivity index (χ4n) is 2.83. The van der Waals surface area contributed by atoms with E-state index >= 15 is 0 Å². The zero-order valence-electron chi connectivity index (χ0n) is 16.6. The van der Waals surface area contributed by atoms with E-state index in [1.807, 2.05) is 30.3 Å². The third-order valence-corrected chi connectivity index (χ3v) is 5.42. The molecule has 0 saturated carbocycles. The van der Waals surface area contributed by atoms with Gasteiger partial charge in [-0.05, 0) is 29.8 Å². The summed E-state index contributed by atoms with van der Waals surface area (Å²) in [4.78, 5) is 14.4. The van der Waals surface area contributed by atoms with Crippen LogP contribution in [0.1, 0.15) is 10.4 Å². The van der Waals surface area contributed by atoms with Gasteiger partial charge in [0.25, 0.3) is 0 Å². The fraction of sp³-hybridized carbons (Fsp3) is 0.174. The number of benzene rings is 2. The molecule has 1 aromatic heterocycles. The van der Waals surface area contributed by atoms with Gasteiger partial charge in [-0.3, -0.25) is 4.79 Å². The largest absolute Gasteiger partial charge is 0.496 e. The van der Waals surface area contributed by atoms with Gasteiger partial charge in [0.2, 0.25) is 5.91 Å². The van der Waals surface area contributed by atoms with E-state index in [0.717, 1.165) is 10.4 Å². The topological polar surface area (TPSA) is 56.8 Å². The van der Waals surface area contributed by atoms with Gasteiger partial charge in [-0.15, -0.1) is 11.3 Å². The standard InChI is InChI=1S/C23H23NO4S/c1-26-19-14-21(28-3)20(27-2)13-17(19)15-24-23(25)12-10-18-9-11-22(29-18)16-7-5-4-6-8-16/h4-14H,15H2,1-3H3,(H,24,25)/b12-10+. The maximum atomic E-state index is 12.3. The summed E-state index contributed by atoms with van der Waals surface area (Å²) in [5.41, 5.74) is 1.97. The van der Waals surface area contributed by atoms with Gasteiger partial charge in [-0.2, -0.15) is 0 Å². The van der Waals surface area contributed by atoms with Gasteiger partial charge < -0.3 is 19.5 Å². The molecule has 0 saturated heterocycles. The number of nitrogens with one attached hydrogen (secondary N) is 1. The number of carbonyl (C=O) groups excluding carboxylic acids is 1. The molecule has 1 N–H and O–H groups in total. The predicted octanol–water partition coefficient (Wildman–Crippen LogP) is 4.77. The number of rotatable bonds is 8. The van der Waals surface area contributed by atoms with E-state index in [1.165, 1.54) is 16.5 Å². The van der Waals surface area contributed by atoms with Crippen molar-refractivity contribution in [2.45, 2.75) is 6.54 Å². The molecular formula is C23H23NO4S. The lowest BCUT2D eigenvalue weighted by molar-refractivity contribution is -0.116. The summed E-state index contributed by atoms with van der Waals surface area (Å²) < 4.78 is 16.0.